The van der Waals surface area contributed by atoms with Crippen LogP contribution in [0.2, 0.25) is 5.02 Å². The van der Waals surface area contributed by atoms with E-state index in [-0.39, 0.29) is 10.9 Å². The van der Waals surface area contributed by atoms with Gasteiger partial charge in [0.2, 0.25) is 0 Å². The van der Waals surface area contributed by atoms with Gasteiger partial charge in [0, 0.05) is 31.1 Å². The summed E-state index contributed by atoms with van der Waals surface area (Å²) in [6, 6.07) is 3.82. The fraction of sp³-hybridized carbons (Fsp3) is 0.357. The Balaban J connectivity index is 1.69. The molecule has 1 N–H and O–H groups in total. The van der Waals surface area contributed by atoms with Gasteiger partial charge < -0.3 is 9.80 Å². The maximum atomic E-state index is 12.4. The van der Waals surface area contributed by atoms with Crippen LogP contribution in [0.5, 0.6) is 0 Å². The van der Waals surface area contributed by atoms with E-state index in [4.69, 9.17) is 11.6 Å². The van der Waals surface area contributed by atoms with Crippen LogP contribution < -0.4 is 10.5 Å². The summed E-state index contributed by atoms with van der Waals surface area (Å²) >= 11 is 7.53. The van der Waals surface area contributed by atoms with E-state index in [1.165, 1.54) is 11.3 Å². The molecule has 0 unspecified atom stereocenters. The predicted molar refractivity (Wildman–Crippen MR) is 87.0 cm³/mol. The van der Waals surface area contributed by atoms with Crippen molar-refractivity contribution in [3.8, 4) is 0 Å². The average Bonchev–Trinajstić information content (AvgIpc) is 2.96. The molecule has 0 atom stereocenters. The van der Waals surface area contributed by atoms with Crippen LogP contribution in [-0.2, 0) is 0 Å². The zero-order chi connectivity index (χ0) is 15.7. The zero-order valence-corrected chi connectivity index (χ0v) is 13.6. The summed E-state index contributed by atoms with van der Waals surface area (Å²) in [4.78, 5) is 29.6. The number of halogens is 1. The van der Waals surface area contributed by atoms with E-state index in [0.29, 0.717) is 31.9 Å². The number of thiophene rings is 1. The molecule has 116 valence electrons. The Morgan fingerprint density at radius 2 is 2.05 bits per heavy atom. The summed E-state index contributed by atoms with van der Waals surface area (Å²) in [5, 5.41) is 6.23. The van der Waals surface area contributed by atoms with Gasteiger partial charge in [-0.25, -0.2) is 5.10 Å². The number of aryl methyl sites for hydroxylation is 1. The highest BCUT2D eigenvalue weighted by Crippen LogP contribution is 2.23. The number of H-pyrrole nitrogens is 1. The Hall–Kier alpha value is -1.86. The molecule has 2 aromatic heterocycles. The van der Waals surface area contributed by atoms with Crippen LogP contribution in [0.25, 0.3) is 0 Å². The topological polar surface area (TPSA) is 69.3 Å². The number of rotatable bonds is 2. The van der Waals surface area contributed by atoms with Gasteiger partial charge in [-0.05, 0) is 19.1 Å². The van der Waals surface area contributed by atoms with E-state index in [9.17, 15) is 9.59 Å². The highest BCUT2D eigenvalue weighted by Gasteiger charge is 2.24. The van der Waals surface area contributed by atoms with E-state index < -0.39 is 5.56 Å². The average molecular weight is 339 g/mol. The Bertz CT molecular complexity index is 749. The molecule has 1 aliphatic rings. The number of hydrogen-bond acceptors (Lipinski definition) is 5. The van der Waals surface area contributed by atoms with Gasteiger partial charge in [0.1, 0.15) is 5.02 Å². The largest absolute Gasteiger partial charge is 0.365 e. The maximum Gasteiger partial charge on any atom is 0.285 e. The molecule has 1 amide bonds. The number of nitrogens with one attached hydrogen (secondary N) is 1. The van der Waals surface area contributed by atoms with Crippen molar-refractivity contribution in [3.05, 3.63) is 43.5 Å². The van der Waals surface area contributed by atoms with Crippen LogP contribution >= 0.6 is 22.9 Å². The number of nitrogens with zero attached hydrogens (tertiary/aromatic N) is 3. The minimum absolute atomic E-state index is 0.0629. The maximum absolute atomic E-state index is 12.4. The molecule has 0 aliphatic carbocycles. The van der Waals surface area contributed by atoms with Gasteiger partial charge in [0.25, 0.3) is 11.5 Å². The Labute approximate surface area is 136 Å². The third kappa shape index (κ3) is 2.86. The summed E-state index contributed by atoms with van der Waals surface area (Å²) in [5.74, 6) is 0.0629. The SMILES string of the molecule is Cc1ccc(C(=O)N2CCN(c3cn[nH]c(=O)c3Cl)CC2)s1. The lowest BCUT2D eigenvalue weighted by molar-refractivity contribution is 0.0751. The first-order valence-corrected chi connectivity index (χ1v) is 8.09. The first kappa shape index (κ1) is 15.1. The van der Waals surface area contributed by atoms with Crippen molar-refractivity contribution < 1.29 is 4.79 Å². The van der Waals surface area contributed by atoms with Crippen molar-refractivity contribution in [2.24, 2.45) is 0 Å². The summed E-state index contributed by atoms with van der Waals surface area (Å²) in [7, 11) is 0. The molecule has 0 aromatic carbocycles. The van der Waals surface area contributed by atoms with E-state index in [0.717, 1.165) is 9.75 Å². The minimum atomic E-state index is -0.397. The standard InChI is InChI=1S/C14H15ClN4O2S/c1-9-2-3-11(22-9)14(21)19-6-4-18(5-7-19)10-8-16-17-13(20)12(10)15/h2-3,8H,4-7H2,1H3,(H,17,20). The molecule has 0 saturated carbocycles. The second kappa shape index (κ2) is 6.10. The van der Waals surface area contributed by atoms with E-state index in [1.807, 2.05) is 28.9 Å². The first-order chi connectivity index (χ1) is 10.6. The normalized spacial score (nSPS) is 15.2. The third-order valence-corrected chi connectivity index (χ3v) is 4.99. The van der Waals surface area contributed by atoms with Crippen LogP contribution in [0, 0.1) is 6.92 Å². The van der Waals surface area contributed by atoms with Crippen LogP contribution in [0.3, 0.4) is 0 Å². The smallest absolute Gasteiger partial charge is 0.285 e. The van der Waals surface area contributed by atoms with Crippen molar-refractivity contribution in [2.75, 3.05) is 31.1 Å². The lowest BCUT2D eigenvalue weighted by Crippen LogP contribution is -2.49. The summed E-state index contributed by atoms with van der Waals surface area (Å²) in [6.07, 6.45) is 1.55. The molecule has 8 heteroatoms. The zero-order valence-electron chi connectivity index (χ0n) is 12.0. The molecule has 1 fully saturated rings. The van der Waals surface area contributed by atoms with E-state index in [1.54, 1.807) is 6.20 Å². The molecule has 0 spiro atoms. The van der Waals surface area contributed by atoms with Gasteiger partial charge in [-0.3, -0.25) is 9.59 Å². The molecule has 0 bridgehead atoms. The van der Waals surface area contributed by atoms with Gasteiger partial charge in [-0.2, -0.15) is 5.10 Å². The van der Waals surface area contributed by atoms with Crippen molar-refractivity contribution in [1.29, 1.82) is 0 Å². The van der Waals surface area contributed by atoms with Crippen LogP contribution in [0.4, 0.5) is 5.69 Å². The predicted octanol–water partition coefficient (Wildman–Crippen LogP) is 1.76. The number of piperazine rings is 1. The van der Waals surface area contributed by atoms with Crippen LogP contribution in [-0.4, -0.2) is 47.2 Å². The molecule has 3 rings (SSSR count). The number of amides is 1. The molecule has 22 heavy (non-hydrogen) atoms. The number of aromatic nitrogens is 2. The van der Waals surface area contributed by atoms with E-state index in [2.05, 4.69) is 10.2 Å². The number of aromatic amines is 1. The van der Waals surface area contributed by atoms with E-state index >= 15 is 0 Å². The summed E-state index contributed by atoms with van der Waals surface area (Å²) < 4.78 is 0. The third-order valence-electron chi connectivity index (χ3n) is 3.64. The Kier molecular flexibility index (Phi) is 4.17. The monoisotopic (exact) mass is 338 g/mol. The number of carbonyl (C=O) groups excluding carboxylic acids is 1. The molecule has 6 nitrogen and oxygen atoms in total. The summed E-state index contributed by atoms with van der Waals surface area (Å²) in [5.41, 5.74) is 0.219. The number of hydrogen-bond donors (Lipinski definition) is 1. The van der Waals surface area contributed by atoms with Gasteiger partial charge in [-0.15, -0.1) is 11.3 Å². The highest BCUT2D eigenvalue weighted by molar-refractivity contribution is 7.13. The molecule has 2 aromatic rings. The number of carbonyl (C=O) groups is 1. The molecule has 1 saturated heterocycles. The molecule has 0 radical (unpaired) electrons. The minimum Gasteiger partial charge on any atom is -0.365 e. The highest BCUT2D eigenvalue weighted by atomic mass is 35.5. The first-order valence-electron chi connectivity index (χ1n) is 6.90. The quantitative estimate of drug-likeness (QED) is 0.905. The van der Waals surface area contributed by atoms with Gasteiger partial charge in [-0.1, -0.05) is 11.6 Å². The van der Waals surface area contributed by atoms with Gasteiger partial charge in [0.05, 0.1) is 16.8 Å². The second-order valence-electron chi connectivity index (χ2n) is 5.09. The van der Waals surface area contributed by atoms with Crippen molar-refractivity contribution >= 4 is 34.5 Å². The number of anilines is 1. The van der Waals surface area contributed by atoms with Gasteiger partial charge >= 0.3 is 0 Å². The molecular formula is C14H15ClN4O2S. The summed E-state index contributed by atoms with van der Waals surface area (Å²) in [6.45, 7) is 4.43. The fourth-order valence-corrected chi connectivity index (χ4v) is 3.50. The van der Waals surface area contributed by atoms with Crippen LogP contribution in [0.15, 0.2) is 23.1 Å². The lowest BCUT2D eigenvalue weighted by atomic mass is 10.2. The Morgan fingerprint density at radius 1 is 1.32 bits per heavy atom. The molecular weight excluding hydrogens is 324 g/mol. The fourth-order valence-electron chi connectivity index (χ4n) is 2.45. The van der Waals surface area contributed by atoms with Crippen molar-refractivity contribution in [3.63, 3.8) is 0 Å². The molecule has 3 heterocycles. The van der Waals surface area contributed by atoms with Crippen molar-refractivity contribution in [2.45, 2.75) is 6.92 Å². The Morgan fingerprint density at radius 3 is 2.68 bits per heavy atom. The second-order valence-corrected chi connectivity index (χ2v) is 6.75. The molecule has 1 aliphatic heterocycles. The van der Waals surface area contributed by atoms with Crippen molar-refractivity contribution in [1.82, 2.24) is 15.1 Å². The lowest BCUT2D eigenvalue weighted by Gasteiger charge is -2.35. The van der Waals surface area contributed by atoms with Gasteiger partial charge in [0.15, 0.2) is 0 Å². The van der Waals surface area contributed by atoms with Crippen LogP contribution in [0.1, 0.15) is 14.5 Å².